The molecule has 1 aliphatic heterocycles. The average Bonchev–Trinajstić information content (AvgIpc) is 2.19. The van der Waals surface area contributed by atoms with Crippen LogP contribution in [0.5, 0.6) is 0 Å². The van der Waals surface area contributed by atoms with Crippen LogP contribution in [0.25, 0.3) is 0 Å². The monoisotopic (exact) mass is 246 g/mol. The van der Waals surface area contributed by atoms with Gasteiger partial charge in [0.1, 0.15) is 0 Å². The Morgan fingerprint density at radius 2 is 2.31 bits per heavy atom. The van der Waals surface area contributed by atoms with Gasteiger partial charge in [0.15, 0.2) is 0 Å². The van der Waals surface area contributed by atoms with Gasteiger partial charge in [-0.2, -0.15) is 0 Å². The van der Waals surface area contributed by atoms with Crippen LogP contribution in [0.2, 0.25) is 0 Å². The molecule has 1 amide bonds. The molecule has 0 saturated carbocycles. The van der Waals surface area contributed by atoms with Crippen LogP contribution >= 0.6 is 7.59 Å². The van der Waals surface area contributed by atoms with Gasteiger partial charge in [-0.15, -0.1) is 6.58 Å². The van der Waals surface area contributed by atoms with E-state index in [0.717, 1.165) is 23.9 Å². The summed E-state index contributed by atoms with van der Waals surface area (Å²) in [5.41, 5.74) is 10.6. The molecule has 92 valence electrons. The number of piperidine rings is 1. The standard InChI is InChI=1S/C9H19N4O2P/c1-2-3-6-12-8-5-4-7-13(9(8)14)16(10,11)15/h2,8,12H,1,3-7H2,(H4,10,11,15)/t8-/m0/s1. The molecular formula is C9H19N4O2P. The molecule has 0 spiro atoms. The summed E-state index contributed by atoms with van der Waals surface area (Å²) >= 11 is 0. The summed E-state index contributed by atoms with van der Waals surface area (Å²) in [5.74, 6) is -0.261. The number of nitrogens with two attached hydrogens (primary N) is 2. The molecule has 1 fully saturated rings. The largest absolute Gasteiger partial charge is 0.306 e. The van der Waals surface area contributed by atoms with Crippen molar-refractivity contribution in [3.63, 3.8) is 0 Å². The topological polar surface area (TPSA) is 101 Å². The van der Waals surface area contributed by atoms with Gasteiger partial charge in [-0.1, -0.05) is 6.08 Å². The highest BCUT2D eigenvalue weighted by Gasteiger charge is 2.35. The third-order valence-corrected chi connectivity index (χ3v) is 3.68. The Kier molecular flexibility index (Phi) is 4.68. The molecule has 0 aromatic rings. The van der Waals surface area contributed by atoms with Crippen LogP contribution in [0.4, 0.5) is 0 Å². The van der Waals surface area contributed by atoms with Gasteiger partial charge < -0.3 is 5.32 Å². The van der Waals surface area contributed by atoms with Crippen LogP contribution < -0.4 is 16.3 Å². The fourth-order valence-electron chi connectivity index (χ4n) is 1.72. The highest BCUT2D eigenvalue weighted by molar-refractivity contribution is 7.57. The fourth-order valence-corrected chi connectivity index (χ4v) is 2.62. The first-order valence-electron chi connectivity index (χ1n) is 5.30. The first kappa shape index (κ1) is 13.4. The number of rotatable bonds is 5. The number of nitrogens with one attached hydrogen (secondary N) is 1. The number of hydrogen-bond donors (Lipinski definition) is 3. The summed E-state index contributed by atoms with van der Waals surface area (Å²) in [6.45, 7) is 4.65. The van der Waals surface area contributed by atoms with Crippen molar-refractivity contribution in [1.29, 1.82) is 0 Å². The zero-order chi connectivity index (χ0) is 12.2. The second kappa shape index (κ2) is 5.59. The molecule has 0 unspecified atom stereocenters. The molecule has 16 heavy (non-hydrogen) atoms. The van der Waals surface area contributed by atoms with Crippen molar-refractivity contribution in [3.05, 3.63) is 12.7 Å². The van der Waals surface area contributed by atoms with Crippen LogP contribution in [0, 0.1) is 0 Å². The van der Waals surface area contributed by atoms with Crippen molar-refractivity contribution >= 4 is 13.5 Å². The molecule has 6 nitrogen and oxygen atoms in total. The smallest absolute Gasteiger partial charge is 0.302 e. The molecule has 0 bridgehead atoms. The van der Waals surface area contributed by atoms with Crippen LogP contribution in [-0.4, -0.2) is 29.7 Å². The van der Waals surface area contributed by atoms with E-state index in [0.29, 0.717) is 13.1 Å². The second-order valence-corrected chi connectivity index (χ2v) is 5.69. The van der Waals surface area contributed by atoms with E-state index in [1.54, 1.807) is 6.08 Å². The Bertz CT molecular complexity index is 315. The Labute approximate surface area is 95.6 Å². The molecule has 0 radical (unpaired) electrons. The maximum absolute atomic E-state index is 11.9. The first-order valence-corrected chi connectivity index (χ1v) is 7.10. The maximum Gasteiger partial charge on any atom is 0.302 e. The molecule has 5 N–H and O–H groups in total. The van der Waals surface area contributed by atoms with Gasteiger partial charge in [0.25, 0.3) is 0 Å². The van der Waals surface area contributed by atoms with E-state index in [1.807, 2.05) is 0 Å². The lowest BCUT2D eigenvalue weighted by Gasteiger charge is -2.34. The summed E-state index contributed by atoms with van der Waals surface area (Å²) in [7, 11) is -3.45. The number of carbonyl (C=O) groups is 1. The van der Waals surface area contributed by atoms with Crippen LogP contribution in [-0.2, 0) is 9.36 Å². The van der Waals surface area contributed by atoms with Crippen molar-refractivity contribution in [1.82, 2.24) is 9.99 Å². The quantitative estimate of drug-likeness (QED) is 0.364. The van der Waals surface area contributed by atoms with Gasteiger partial charge in [-0.3, -0.25) is 25.0 Å². The maximum atomic E-state index is 11.9. The zero-order valence-corrected chi connectivity index (χ0v) is 10.2. The summed E-state index contributed by atoms with van der Waals surface area (Å²) in [4.78, 5) is 11.9. The molecule has 1 heterocycles. The Morgan fingerprint density at radius 3 is 2.88 bits per heavy atom. The predicted octanol–water partition coefficient (Wildman–Crippen LogP) is 0.169. The lowest BCUT2D eigenvalue weighted by atomic mass is 10.1. The van der Waals surface area contributed by atoms with Gasteiger partial charge in [-0.25, -0.2) is 0 Å². The first-order chi connectivity index (χ1) is 7.46. The lowest BCUT2D eigenvalue weighted by molar-refractivity contribution is -0.130. The second-order valence-electron chi connectivity index (χ2n) is 3.86. The molecule has 1 aliphatic rings. The molecule has 0 aromatic heterocycles. The lowest BCUT2D eigenvalue weighted by Crippen LogP contribution is -2.51. The number of carbonyl (C=O) groups excluding carboxylic acids is 1. The minimum absolute atomic E-state index is 0.261. The Morgan fingerprint density at radius 1 is 1.62 bits per heavy atom. The molecule has 1 saturated heterocycles. The highest BCUT2D eigenvalue weighted by Crippen LogP contribution is 2.35. The van der Waals surface area contributed by atoms with Crippen molar-refractivity contribution in [2.24, 2.45) is 11.0 Å². The minimum Gasteiger partial charge on any atom is -0.306 e. The van der Waals surface area contributed by atoms with E-state index in [4.69, 9.17) is 11.0 Å². The van der Waals surface area contributed by atoms with Crippen molar-refractivity contribution < 1.29 is 9.36 Å². The molecule has 1 rings (SSSR count). The van der Waals surface area contributed by atoms with E-state index >= 15 is 0 Å². The summed E-state index contributed by atoms with van der Waals surface area (Å²) in [5, 5.41) is 3.08. The van der Waals surface area contributed by atoms with Crippen molar-refractivity contribution in [3.8, 4) is 0 Å². The van der Waals surface area contributed by atoms with Gasteiger partial charge in [-0.05, 0) is 25.8 Å². The van der Waals surface area contributed by atoms with Crippen LogP contribution in [0.15, 0.2) is 12.7 Å². The van der Waals surface area contributed by atoms with E-state index < -0.39 is 7.59 Å². The molecular weight excluding hydrogens is 227 g/mol. The van der Waals surface area contributed by atoms with Gasteiger partial charge in [0.05, 0.1) is 6.04 Å². The summed E-state index contributed by atoms with van der Waals surface area (Å²) in [6, 6.07) is -0.325. The number of nitrogens with zero attached hydrogens (tertiary/aromatic N) is 1. The molecule has 1 atom stereocenters. The molecule has 7 heteroatoms. The Balaban J connectivity index is 2.57. The van der Waals surface area contributed by atoms with Gasteiger partial charge in [0, 0.05) is 6.54 Å². The molecule has 0 aromatic carbocycles. The third kappa shape index (κ3) is 3.42. The fraction of sp³-hybridized carbons (Fsp3) is 0.667. The van der Waals surface area contributed by atoms with E-state index in [-0.39, 0.29) is 11.9 Å². The number of hydrogen-bond acceptors (Lipinski definition) is 3. The zero-order valence-electron chi connectivity index (χ0n) is 9.26. The summed E-state index contributed by atoms with van der Waals surface area (Å²) < 4.78 is 12.6. The predicted molar refractivity (Wildman–Crippen MR) is 63.5 cm³/mol. The van der Waals surface area contributed by atoms with Crippen molar-refractivity contribution in [2.75, 3.05) is 13.1 Å². The number of amides is 1. The van der Waals surface area contributed by atoms with Crippen molar-refractivity contribution in [2.45, 2.75) is 25.3 Å². The van der Waals surface area contributed by atoms with E-state index in [2.05, 4.69) is 11.9 Å². The van der Waals surface area contributed by atoms with Crippen LogP contribution in [0.3, 0.4) is 0 Å². The summed E-state index contributed by atoms with van der Waals surface area (Å²) in [6.07, 6.45) is 4.05. The Hall–Kier alpha value is -0.680. The SMILES string of the molecule is C=CCCN[C@H]1CCCN(P(N)(N)=O)C1=O. The normalized spacial score (nSPS) is 22.2. The molecule has 0 aliphatic carbocycles. The third-order valence-electron chi connectivity index (χ3n) is 2.53. The average molecular weight is 246 g/mol. The minimum atomic E-state index is -3.45. The highest BCUT2D eigenvalue weighted by atomic mass is 31.2. The van der Waals surface area contributed by atoms with Gasteiger partial charge in [0.2, 0.25) is 5.91 Å². The van der Waals surface area contributed by atoms with Crippen LogP contribution in [0.1, 0.15) is 19.3 Å². The van der Waals surface area contributed by atoms with E-state index in [9.17, 15) is 9.36 Å². The van der Waals surface area contributed by atoms with Gasteiger partial charge >= 0.3 is 7.59 Å². The van der Waals surface area contributed by atoms with E-state index in [1.165, 1.54) is 0 Å².